The van der Waals surface area contributed by atoms with Crippen molar-refractivity contribution in [1.29, 1.82) is 0 Å². The highest BCUT2D eigenvalue weighted by Gasteiger charge is 2.41. The first-order chi connectivity index (χ1) is 33.8. The van der Waals surface area contributed by atoms with Crippen molar-refractivity contribution < 1.29 is 38.4 Å². The number of benzene rings is 2. The van der Waals surface area contributed by atoms with E-state index in [-0.39, 0.29) is 74.6 Å². The van der Waals surface area contributed by atoms with Gasteiger partial charge in [-0.2, -0.15) is 0 Å². The molecule has 2 aliphatic carbocycles. The van der Waals surface area contributed by atoms with Gasteiger partial charge < -0.3 is 52.3 Å². The molecule has 4 aliphatic rings. The van der Waals surface area contributed by atoms with Crippen LogP contribution in [0.2, 0.25) is 0 Å². The second-order valence-corrected chi connectivity index (χ2v) is 18.4. The van der Waals surface area contributed by atoms with E-state index < -0.39 is 71.7 Å². The SMILES string of the molecule is CN[C@@H](C)C(=O)N[C@@H](CC(=O)NCC#CC#CCNC(=O)C[C@H](NC(=O)[C@H](C)NC)C(=O)N1CCC[C@H]1C(=O)N[C@@H]1CCCc2ccccc21)C(=O)N1CCC[C@H]1C(=O)N[C@@H]1CCCc2ccccc21.Cl.Cl. The fourth-order valence-electron chi connectivity index (χ4n) is 9.58. The van der Waals surface area contributed by atoms with Crippen molar-refractivity contribution in [3.8, 4) is 23.7 Å². The summed E-state index contributed by atoms with van der Waals surface area (Å²) in [5, 5.41) is 22.6. The van der Waals surface area contributed by atoms with Gasteiger partial charge in [0.1, 0.15) is 24.2 Å². The van der Waals surface area contributed by atoms with E-state index in [0.717, 1.165) is 49.7 Å². The normalized spacial score (nSPS) is 20.2. The smallest absolute Gasteiger partial charge is 0.246 e. The molecule has 390 valence electrons. The monoisotopic (exact) mass is 1030 g/mol. The number of carbonyl (C=O) groups is 8. The number of rotatable bonds is 18. The van der Waals surface area contributed by atoms with Crippen LogP contribution in [0.15, 0.2) is 48.5 Å². The fraction of sp³-hybridized carbons (Fsp3) is 0.538. The summed E-state index contributed by atoms with van der Waals surface area (Å²) in [7, 11) is 3.21. The van der Waals surface area contributed by atoms with Crippen LogP contribution in [0, 0.1) is 23.7 Å². The van der Waals surface area contributed by atoms with Gasteiger partial charge in [-0.1, -0.05) is 60.4 Å². The van der Waals surface area contributed by atoms with Crippen molar-refractivity contribution in [3.05, 3.63) is 70.8 Å². The molecule has 6 rings (SSSR count). The lowest BCUT2D eigenvalue weighted by molar-refractivity contribution is -0.143. The number of amides is 8. The predicted octanol–water partition coefficient (Wildman–Crippen LogP) is 1.40. The molecule has 8 atom stereocenters. The average Bonchev–Trinajstić information content (AvgIpc) is 4.08. The highest BCUT2D eigenvalue weighted by molar-refractivity contribution is 5.97. The van der Waals surface area contributed by atoms with E-state index in [2.05, 4.69) is 78.3 Å². The molecule has 0 bridgehead atoms. The van der Waals surface area contributed by atoms with Gasteiger partial charge in [0.25, 0.3) is 0 Å². The van der Waals surface area contributed by atoms with Crippen LogP contribution in [0.1, 0.15) is 112 Å². The maximum absolute atomic E-state index is 14.0. The third-order valence-electron chi connectivity index (χ3n) is 13.7. The Morgan fingerprint density at radius 3 is 1.35 bits per heavy atom. The molecule has 0 spiro atoms. The van der Waals surface area contributed by atoms with E-state index in [1.165, 1.54) is 20.9 Å². The maximum atomic E-state index is 14.0. The van der Waals surface area contributed by atoms with Gasteiger partial charge in [-0.05, 0) is 126 Å². The van der Waals surface area contributed by atoms with Crippen molar-refractivity contribution in [2.45, 2.75) is 139 Å². The molecule has 0 unspecified atom stereocenters. The van der Waals surface area contributed by atoms with Crippen LogP contribution in [-0.2, 0) is 51.2 Å². The lowest BCUT2D eigenvalue weighted by Crippen LogP contribution is -2.56. The minimum absolute atomic E-state index is 0. The van der Waals surface area contributed by atoms with Gasteiger partial charge in [-0.15, -0.1) is 24.8 Å². The zero-order chi connectivity index (χ0) is 50.2. The Kier molecular flexibility index (Phi) is 23.3. The molecule has 2 heterocycles. The number of nitrogens with zero attached hydrogens (tertiary/aromatic N) is 2. The fourth-order valence-corrected chi connectivity index (χ4v) is 9.58. The molecule has 0 saturated carbocycles. The van der Waals surface area contributed by atoms with Gasteiger partial charge in [0.05, 0.1) is 50.1 Å². The molecule has 8 N–H and O–H groups in total. The lowest BCUT2D eigenvalue weighted by atomic mass is 9.87. The minimum Gasteiger partial charge on any atom is -0.347 e. The molecule has 8 amide bonds. The summed E-state index contributed by atoms with van der Waals surface area (Å²) in [6.07, 6.45) is 6.66. The quantitative estimate of drug-likeness (QED) is 0.100. The van der Waals surface area contributed by atoms with E-state index in [1.807, 2.05) is 36.4 Å². The first kappa shape index (κ1) is 58.4. The Morgan fingerprint density at radius 1 is 0.569 bits per heavy atom. The molecule has 18 nitrogen and oxygen atoms in total. The molecule has 20 heteroatoms. The summed E-state index contributed by atoms with van der Waals surface area (Å²) in [6.45, 7) is 3.61. The summed E-state index contributed by atoms with van der Waals surface area (Å²) in [6, 6.07) is 10.5. The number of carbonyl (C=O) groups excluding carboxylic acids is 8. The van der Waals surface area contributed by atoms with Gasteiger partial charge in [0.2, 0.25) is 47.3 Å². The Labute approximate surface area is 435 Å². The third kappa shape index (κ3) is 15.7. The highest BCUT2D eigenvalue weighted by atomic mass is 35.5. The molecule has 0 aromatic heterocycles. The molecule has 2 aliphatic heterocycles. The van der Waals surface area contributed by atoms with Crippen molar-refractivity contribution in [3.63, 3.8) is 0 Å². The maximum Gasteiger partial charge on any atom is 0.246 e. The number of likely N-dealkylation sites (N-methyl/N-ethyl adjacent to an activating group) is 2. The van der Waals surface area contributed by atoms with Crippen LogP contribution >= 0.6 is 24.8 Å². The second kappa shape index (κ2) is 28.8. The number of fused-ring (bicyclic) bond motifs is 2. The first-order valence-corrected chi connectivity index (χ1v) is 24.6. The molecule has 2 saturated heterocycles. The molecule has 2 fully saturated rings. The summed E-state index contributed by atoms with van der Waals surface area (Å²) >= 11 is 0. The Bertz CT molecular complexity index is 2240. The van der Waals surface area contributed by atoms with Crippen LogP contribution in [0.3, 0.4) is 0 Å². The largest absolute Gasteiger partial charge is 0.347 e. The standard InChI is InChI=1S/C52H68N10O8.2ClH/c1-33(53-3)47(65)59-41(51(69)61-29-15-25-43(61)49(67)57-39-23-13-19-35-17-7-9-21-37(35)39)31-45(63)55-27-11-5-6-12-28-56-46(64)32-42(60-48(66)34(2)54-4)52(70)62-30-16-26-44(62)50(68)58-40-24-14-20-36-18-8-10-22-38(36)40;;/h7-10,17-18,21-22,33-34,39-44,53-54H,13-16,19-20,23-32H2,1-4H3,(H,55,63)(H,56,64)(H,57,67)(H,58,68)(H,59,65)(H,60,66);2*1H/t33-,34-,39+,40+,41-,42-,43-,44-;;/m0../s1. The van der Waals surface area contributed by atoms with E-state index in [0.29, 0.717) is 38.8 Å². The van der Waals surface area contributed by atoms with Crippen LogP contribution in [0.5, 0.6) is 0 Å². The summed E-state index contributed by atoms with van der Waals surface area (Å²) in [4.78, 5) is 111. The zero-order valence-corrected chi connectivity index (χ0v) is 43.2. The van der Waals surface area contributed by atoms with Crippen molar-refractivity contribution >= 4 is 72.1 Å². The van der Waals surface area contributed by atoms with E-state index >= 15 is 0 Å². The summed E-state index contributed by atoms with van der Waals surface area (Å²) in [5.74, 6) is 6.97. The number of halogens is 2. The van der Waals surface area contributed by atoms with Crippen LogP contribution < -0.4 is 42.5 Å². The van der Waals surface area contributed by atoms with Gasteiger partial charge >= 0.3 is 0 Å². The number of hydrogen-bond acceptors (Lipinski definition) is 10. The molecule has 72 heavy (non-hydrogen) atoms. The van der Waals surface area contributed by atoms with Crippen LogP contribution in [-0.4, -0.2) is 134 Å². The van der Waals surface area contributed by atoms with Crippen molar-refractivity contribution in [2.24, 2.45) is 0 Å². The van der Waals surface area contributed by atoms with Crippen LogP contribution in [0.4, 0.5) is 0 Å². The topological polar surface area (TPSA) is 239 Å². The number of aryl methyl sites for hydroxylation is 2. The van der Waals surface area contributed by atoms with Gasteiger partial charge in [-0.25, -0.2) is 0 Å². The summed E-state index contributed by atoms with van der Waals surface area (Å²) in [5.41, 5.74) is 4.55. The highest BCUT2D eigenvalue weighted by Crippen LogP contribution is 2.32. The summed E-state index contributed by atoms with van der Waals surface area (Å²) < 4.78 is 0. The average molecular weight is 1030 g/mol. The second-order valence-electron chi connectivity index (χ2n) is 18.4. The Hall–Kier alpha value is -6.18. The predicted molar refractivity (Wildman–Crippen MR) is 276 cm³/mol. The molecule has 2 aromatic carbocycles. The Morgan fingerprint density at radius 2 is 0.958 bits per heavy atom. The lowest BCUT2D eigenvalue weighted by Gasteiger charge is -2.31. The van der Waals surface area contributed by atoms with Crippen LogP contribution in [0.25, 0.3) is 0 Å². The molecule has 2 aromatic rings. The number of hydrogen-bond donors (Lipinski definition) is 8. The first-order valence-electron chi connectivity index (χ1n) is 24.6. The van der Waals surface area contributed by atoms with E-state index in [4.69, 9.17) is 0 Å². The zero-order valence-electron chi connectivity index (χ0n) is 41.5. The Balaban J connectivity index is 0.00000562. The van der Waals surface area contributed by atoms with E-state index in [1.54, 1.807) is 27.9 Å². The van der Waals surface area contributed by atoms with Gasteiger partial charge in [0.15, 0.2) is 0 Å². The van der Waals surface area contributed by atoms with Crippen molar-refractivity contribution in [1.82, 2.24) is 52.3 Å². The molecular weight excluding hydrogens is 964 g/mol. The molecule has 0 radical (unpaired) electrons. The number of nitrogens with one attached hydrogen (secondary N) is 8. The van der Waals surface area contributed by atoms with Gasteiger partial charge in [0, 0.05) is 13.1 Å². The van der Waals surface area contributed by atoms with E-state index in [9.17, 15) is 38.4 Å². The minimum atomic E-state index is -1.24. The van der Waals surface area contributed by atoms with Gasteiger partial charge in [-0.3, -0.25) is 38.4 Å². The molecular formula is C52H70Cl2N10O8. The van der Waals surface area contributed by atoms with Crippen molar-refractivity contribution in [2.75, 3.05) is 40.3 Å². The third-order valence-corrected chi connectivity index (χ3v) is 13.7. The number of likely N-dealkylation sites (tertiary alicyclic amines) is 2.